The number of nitrogens with one attached hydrogen (secondary N) is 1. The molecule has 2 heterocycles. The first kappa shape index (κ1) is 16.0. The van der Waals surface area contributed by atoms with Crippen molar-refractivity contribution in [1.82, 2.24) is 19.9 Å². The SMILES string of the molecule is Cc1ccc(-c2nc(CCNC(=O)C(C)n3ccnc3)co2)cc1. The molecular formula is C18H20N4O2. The van der Waals surface area contributed by atoms with Crippen LogP contribution in [-0.2, 0) is 11.2 Å². The zero-order valence-corrected chi connectivity index (χ0v) is 13.8. The minimum atomic E-state index is -0.284. The van der Waals surface area contributed by atoms with Crippen molar-refractivity contribution in [3.63, 3.8) is 0 Å². The second kappa shape index (κ2) is 7.12. The summed E-state index contributed by atoms with van der Waals surface area (Å²) in [6.45, 7) is 4.39. The molecule has 0 aliphatic rings. The molecule has 124 valence electrons. The summed E-state index contributed by atoms with van der Waals surface area (Å²) in [6.07, 6.45) is 7.33. The Hall–Kier alpha value is -2.89. The second-order valence-corrected chi connectivity index (χ2v) is 5.74. The first-order valence-electron chi connectivity index (χ1n) is 7.90. The molecule has 0 saturated heterocycles. The molecule has 0 saturated carbocycles. The van der Waals surface area contributed by atoms with E-state index in [1.54, 1.807) is 29.6 Å². The quantitative estimate of drug-likeness (QED) is 0.757. The highest BCUT2D eigenvalue weighted by molar-refractivity contribution is 5.79. The lowest BCUT2D eigenvalue weighted by atomic mass is 10.1. The van der Waals surface area contributed by atoms with E-state index in [-0.39, 0.29) is 11.9 Å². The van der Waals surface area contributed by atoms with E-state index in [0.717, 1.165) is 11.3 Å². The van der Waals surface area contributed by atoms with Crippen LogP contribution in [0.5, 0.6) is 0 Å². The third-order valence-electron chi connectivity index (χ3n) is 3.88. The number of amides is 1. The fourth-order valence-corrected chi connectivity index (χ4v) is 2.35. The molecule has 1 atom stereocenters. The maximum atomic E-state index is 12.1. The molecule has 0 bridgehead atoms. The van der Waals surface area contributed by atoms with Crippen LogP contribution in [0.25, 0.3) is 11.5 Å². The fraction of sp³-hybridized carbons (Fsp3) is 0.278. The van der Waals surface area contributed by atoms with Gasteiger partial charge in [-0.15, -0.1) is 0 Å². The van der Waals surface area contributed by atoms with Gasteiger partial charge in [-0.2, -0.15) is 0 Å². The van der Waals surface area contributed by atoms with Crippen LogP contribution >= 0.6 is 0 Å². The highest BCUT2D eigenvalue weighted by atomic mass is 16.3. The zero-order valence-electron chi connectivity index (χ0n) is 13.8. The van der Waals surface area contributed by atoms with E-state index in [1.165, 1.54) is 5.56 Å². The Labute approximate surface area is 140 Å². The molecule has 0 fully saturated rings. The molecule has 2 aromatic heterocycles. The molecule has 0 aliphatic carbocycles. The molecule has 0 radical (unpaired) electrons. The molecule has 3 rings (SSSR count). The number of hydrogen-bond acceptors (Lipinski definition) is 4. The topological polar surface area (TPSA) is 73.0 Å². The normalized spacial score (nSPS) is 12.1. The molecule has 6 nitrogen and oxygen atoms in total. The van der Waals surface area contributed by atoms with Gasteiger partial charge in [0.05, 0.1) is 12.0 Å². The summed E-state index contributed by atoms with van der Waals surface area (Å²) in [6, 6.07) is 7.74. The Morgan fingerprint density at radius 3 is 2.83 bits per heavy atom. The monoisotopic (exact) mass is 324 g/mol. The number of carbonyl (C=O) groups excluding carboxylic acids is 1. The van der Waals surface area contributed by atoms with E-state index in [1.807, 2.05) is 38.1 Å². The lowest BCUT2D eigenvalue weighted by Crippen LogP contribution is -2.32. The average molecular weight is 324 g/mol. The predicted molar refractivity (Wildman–Crippen MR) is 90.3 cm³/mol. The predicted octanol–water partition coefficient (Wildman–Crippen LogP) is 2.77. The molecule has 0 spiro atoms. The van der Waals surface area contributed by atoms with E-state index in [2.05, 4.69) is 15.3 Å². The van der Waals surface area contributed by atoms with Gasteiger partial charge >= 0.3 is 0 Å². The van der Waals surface area contributed by atoms with Gasteiger partial charge in [-0.05, 0) is 26.0 Å². The lowest BCUT2D eigenvalue weighted by molar-refractivity contribution is -0.123. The molecule has 1 aromatic carbocycles. The third-order valence-corrected chi connectivity index (χ3v) is 3.88. The van der Waals surface area contributed by atoms with Crippen LogP contribution in [0.3, 0.4) is 0 Å². The van der Waals surface area contributed by atoms with Crippen LogP contribution in [0, 0.1) is 6.92 Å². The fourth-order valence-electron chi connectivity index (χ4n) is 2.35. The van der Waals surface area contributed by atoms with Crippen molar-refractivity contribution in [2.24, 2.45) is 0 Å². The summed E-state index contributed by atoms with van der Waals surface area (Å²) in [4.78, 5) is 20.5. The van der Waals surface area contributed by atoms with Crippen LogP contribution < -0.4 is 5.32 Å². The van der Waals surface area contributed by atoms with E-state index >= 15 is 0 Å². The van der Waals surface area contributed by atoms with E-state index in [4.69, 9.17) is 4.42 Å². The smallest absolute Gasteiger partial charge is 0.242 e. The van der Waals surface area contributed by atoms with Crippen LogP contribution in [0.4, 0.5) is 0 Å². The van der Waals surface area contributed by atoms with E-state index < -0.39 is 0 Å². The molecule has 0 aliphatic heterocycles. The molecule has 1 amide bonds. The lowest BCUT2D eigenvalue weighted by Gasteiger charge is -2.12. The number of oxazole rings is 1. The van der Waals surface area contributed by atoms with Gasteiger partial charge in [-0.1, -0.05) is 17.7 Å². The van der Waals surface area contributed by atoms with Gasteiger partial charge in [-0.3, -0.25) is 4.79 Å². The van der Waals surface area contributed by atoms with Crippen molar-refractivity contribution in [2.75, 3.05) is 6.54 Å². The van der Waals surface area contributed by atoms with E-state index in [0.29, 0.717) is 18.9 Å². The first-order chi connectivity index (χ1) is 11.6. The largest absolute Gasteiger partial charge is 0.444 e. The van der Waals surface area contributed by atoms with Gasteiger partial charge in [0.25, 0.3) is 0 Å². The van der Waals surface area contributed by atoms with Crippen LogP contribution in [0.15, 0.2) is 53.7 Å². The van der Waals surface area contributed by atoms with Crippen molar-refractivity contribution in [3.8, 4) is 11.5 Å². The average Bonchev–Trinajstić information content (AvgIpc) is 3.26. The minimum Gasteiger partial charge on any atom is -0.444 e. The highest BCUT2D eigenvalue weighted by Crippen LogP contribution is 2.19. The van der Waals surface area contributed by atoms with Gasteiger partial charge in [0.15, 0.2) is 0 Å². The Balaban J connectivity index is 1.52. The maximum Gasteiger partial charge on any atom is 0.242 e. The molecular weight excluding hydrogens is 304 g/mol. The molecule has 24 heavy (non-hydrogen) atoms. The zero-order chi connectivity index (χ0) is 16.9. The van der Waals surface area contributed by atoms with Gasteiger partial charge < -0.3 is 14.3 Å². The number of aryl methyl sites for hydroxylation is 1. The Morgan fingerprint density at radius 1 is 1.33 bits per heavy atom. The number of hydrogen-bond donors (Lipinski definition) is 1. The minimum absolute atomic E-state index is 0.0461. The van der Waals surface area contributed by atoms with Gasteiger partial charge in [-0.25, -0.2) is 9.97 Å². The van der Waals surface area contributed by atoms with Crippen molar-refractivity contribution < 1.29 is 9.21 Å². The van der Waals surface area contributed by atoms with Crippen LogP contribution in [0.1, 0.15) is 24.2 Å². The number of rotatable bonds is 6. The van der Waals surface area contributed by atoms with Gasteiger partial charge in [0.2, 0.25) is 11.8 Å². The summed E-state index contributed by atoms with van der Waals surface area (Å²) < 4.78 is 7.28. The van der Waals surface area contributed by atoms with Crippen molar-refractivity contribution in [3.05, 3.63) is 60.5 Å². The summed E-state index contributed by atoms with van der Waals surface area (Å²) in [5.74, 6) is 0.554. The summed E-state index contributed by atoms with van der Waals surface area (Å²) >= 11 is 0. The van der Waals surface area contributed by atoms with Crippen LogP contribution in [0.2, 0.25) is 0 Å². The van der Waals surface area contributed by atoms with Crippen molar-refractivity contribution >= 4 is 5.91 Å². The number of benzene rings is 1. The number of imidazole rings is 1. The van der Waals surface area contributed by atoms with Crippen LogP contribution in [-0.4, -0.2) is 27.0 Å². The summed E-state index contributed by atoms with van der Waals surface area (Å²) in [7, 11) is 0. The summed E-state index contributed by atoms with van der Waals surface area (Å²) in [5, 5.41) is 2.91. The number of aromatic nitrogens is 3. The summed E-state index contributed by atoms with van der Waals surface area (Å²) in [5.41, 5.74) is 2.96. The Morgan fingerprint density at radius 2 is 2.12 bits per heavy atom. The Kier molecular flexibility index (Phi) is 4.74. The molecule has 1 unspecified atom stereocenters. The van der Waals surface area contributed by atoms with E-state index in [9.17, 15) is 4.79 Å². The standard InChI is InChI=1S/C18H20N4O2/c1-13-3-5-15(6-4-13)18-21-16(11-24-18)7-8-20-17(23)14(2)22-10-9-19-12-22/h3-6,9-12,14H,7-8H2,1-2H3,(H,20,23). The van der Waals surface area contributed by atoms with Crippen molar-refractivity contribution in [2.45, 2.75) is 26.3 Å². The van der Waals surface area contributed by atoms with Gasteiger partial charge in [0.1, 0.15) is 12.3 Å². The molecule has 1 N–H and O–H groups in total. The Bertz CT molecular complexity index is 791. The third kappa shape index (κ3) is 3.71. The molecule has 3 aromatic rings. The van der Waals surface area contributed by atoms with Crippen molar-refractivity contribution in [1.29, 1.82) is 0 Å². The second-order valence-electron chi connectivity index (χ2n) is 5.74. The number of carbonyl (C=O) groups is 1. The number of nitrogens with zero attached hydrogens (tertiary/aromatic N) is 3. The molecule has 6 heteroatoms. The highest BCUT2D eigenvalue weighted by Gasteiger charge is 2.14. The van der Waals surface area contributed by atoms with Gasteiger partial charge in [0, 0.05) is 30.9 Å². The maximum absolute atomic E-state index is 12.1. The first-order valence-corrected chi connectivity index (χ1v) is 7.90.